The molecule has 3 rings (SSSR count). The molecule has 0 saturated heterocycles. The minimum absolute atomic E-state index is 0.170. The normalized spacial score (nSPS) is 32.3. The van der Waals surface area contributed by atoms with Crippen LogP contribution in [-0.2, 0) is 0 Å². The van der Waals surface area contributed by atoms with Crippen LogP contribution in [0.3, 0.4) is 0 Å². The summed E-state index contributed by atoms with van der Waals surface area (Å²) in [7, 11) is 0. The lowest BCUT2D eigenvalue weighted by Gasteiger charge is -2.38. The largest absolute Gasteiger partial charge is 0.292 e. The predicted octanol–water partition coefficient (Wildman–Crippen LogP) is 3.59. The summed E-state index contributed by atoms with van der Waals surface area (Å²) in [5.74, 6) is 0.700. The molecule has 90 valence electrons. The van der Waals surface area contributed by atoms with E-state index in [1.807, 2.05) is 11.8 Å². The number of benzene rings is 1. The third kappa shape index (κ3) is 1.97. The third-order valence-corrected chi connectivity index (χ3v) is 5.46. The molecule has 1 N–H and O–H groups in total. The number of nitrogens with zero attached hydrogens (tertiary/aromatic N) is 1. The van der Waals surface area contributed by atoms with E-state index in [2.05, 4.69) is 47.8 Å². The van der Waals surface area contributed by atoms with Crippen LogP contribution < -0.4 is 5.43 Å². The van der Waals surface area contributed by atoms with Crippen LogP contribution in [0, 0.1) is 5.92 Å². The van der Waals surface area contributed by atoms with Gasteiger partial charge in [0.25, 0.3) is 0 Å². The topological polar surface area (TPSA) is 24.4 Å². The molecule has 2 nitrogen and oxygen atoms in total. The molecule has 0 amide bonds. The quantitative estimate of drug-likeness (QED) is 0.819. The van der Waals surface area contributed by atoms with Gasteiger partial charge in [0.2, 0.25) is 0 Å². The summed E-state index contributed by atoms with van der Waals surface area (Å²) >= 11 is 1.93. The van der Waals surface area contributed by atoms with Gasteiger partial charge in [-0.2, -0.15) is 5.10 Å². The summed E-state index contributed by atoms with van der Waals surface area (Å²) < 4.78 is 0. The summed E-state index contributed by atoms with van der Waals surface area (Å²) in [5, 5.41) is 5.72. The maximum absolute atomic E-state index is 4.56. The minimum Gasteiger partial charge on any atom is -0.292 e. The van der Waals surface area contributed by atoms with Gasteiger partial charge in [-0.15, -0.1) is 0 Å². The molecule has 0 aromatic heterocycles. The molecular weight excluding hydrogens is 228 g/mol. The molecule has 1 aliphatic carbocycles. The lowest BCUT2D eigenvalue weighted by molar-refractivity contribution is 0.257. The first kappa shape index (κ1) is 11.1. The van der Waals surface area contributed by atoms with E-state index < -0.39 is 0 Å². The molecule has 0 bridgehead atoms. The Balaban J connectivity index is 1.80. The summed E-state index contributed by atoms with van der Waals surface area (Å²) in [4.78, 5) is 0.170. The highest BCUT2D eigenvalue weighted by Gasteiger charge is 2.43. The summed E-state index contributed by atoms with van der Waals surface area (Å²) in [5.41, 5.74) is 4.66. The smallest absolute Gasteiger partial charge is 0.126 e. The van der Waals surface area contributed by atoms with Crippen LogP contribution in [0.25, 0.3) is 0 Å². The van der Waals surface area contributed by atoms with Crippen molar-refractivity contribution < 1.29 is 0 Å². The number of thioether (sulfide) groups is 1. The van der Waals surface area contributed by atoms with Crippen molar-refractivity contribution in [3.05, 3.63) is 35.9 Å². The zero-order valence-electron chi connectivity index (χ0n) is 10.1. The van der Waals surface area contributed by atoms with Crippen LogP contribution in [0.1, 0.15) is 38.2 Å². The number of hydrazone groups is 1. The maximum Gasteiger partial charge on any atom is 0.126 e. The second-order valence-corrected chi connectivity index (χ2v) is 6.35. The van der Waals surface area contributed by atoms with Gasteiger partial charge in [-0.3, -0.25) is 5.43 Å². The second-order valence-electron chi connectivity index (χ2n) is 5.03. The van der Waals surface area contributed by atoms with Gasteiger partial charge in [-0.25, -0.2) is 0 Å². The first-order chi connectivity index (χ1) is 8.30. The number of hydrogen-bond acceptors (Lipinski definition) is 3. The third-order valence-electron chi connectivity index (χ3n) is 3.88. The van der Waals surface area contributed by atoms with E-state index in [0.717, 1.165) is 5.04 Å². The molecule has 2 aliphatic rings. The van der Waals surface area contributed by atoms with Crippen LogP contribution in [0.2, 0.25) is 0 Å². The zero-order valence-corrected chi connectivity index (χ0v) is 11.0. The van der Waals surface area contributed by atoms with Crippen LogP contribution in [-0.4, -0.2) is 9.91 Å². The van der Waals surface area contributed by atoms with E-state index in [1.165, 1.54) is 31.2 Å². The lowest BCUT2D eigenvalue weighted by Crippen LogP contribution is -2.44. The molecule has 2 atom stereocenters. The van der Waals surface area contributed by atoms with Crippen molar-refractivity contribution in [3.8, 4) is 0 Å². The van der Waals surface area contributed by atoms with Gasteiger partial charge in [0.15, 0.2) is 0 Å². The minimum atomic E-state index is 0.170. The van der Waals surface area contributed by atoms with E-state index >= 15 is 0 Å². The van der Waals surface area contributed by atoms with Crippen LogP contribution in [0.4, 0.5) is 0 Å². The Kier molecular flexibility index (Phi) is 2.87. The van der Waals surface area contributed by atoms with Crippen molar-refractivity contribution in [1.82, 2.24) is 5.43 Å². The second kappa shape index (κ2) is 4.37. The molecule has 0 unspecified atom stereocenters. The average Bonchev–Trinajstić information content (AvgIpc) is 2.80. The molecule has 1 spiro atoms. The highest BCUT2D eigenvalue weighted by Crippen LogP contribution is 2.46. The van der Waals surface area contributed by atoms with Crippen molar-refractivity contribution >= 4 is 16.8 Å². The molecule has 1 aromatic carbocycles. The fourth-order valence-corrected chi connectivity index (χ4v) is 4.05. The van der Waals surface area contributed by atoms with Crippen LogP contribution in [0.5, 0.6) is 0 Å². The molecule has 1 saturated carbocycles. The molecular formula is C14H18N2S. The molecule has 3 heteroatoms. The van der Waals surface area contributed by atoms with Crippen molar-refractivity contribution in [1.29, 1.82) is 0 Å². The Morgan fingerprint density at radius 2 is 2.12 bits per heavy atom. The monoisotopic (exact) mass is 246 g/mol. The molecule has 1 aliphatic heterocycles. The first-order valence-corrected chi connectivity index (χ1v) is 7.21. The van der Waals surface area contributed by atoms with Crippen molar-refractivity contribution in [2.24, 2.45) is 11.0 Å². The standard InChI is InChI=1S/C14H18N2S/c1-11-7-5-6-10-14(11)16-15-13(17-14)12-8-3-2-4-9-12/h2-4,8-9,11,16H,5-7,10H2,1H3/t11-,14+/m1/s1. The zero-order chi connectivity index (χ0) is 11.7. The predicted molar refractivity (Wildman–Crippen MR) is 74.1 cm³/mol. The van der Waals surface area contributed by atoms with Crippen LogP contribution >= 0.6 is 11.8 Å². The maximum atomic E-state index is 4.56. The highest BCUT2D eigenvalue weighted by molar-refractivity contribution is 8.15. The summed E-state index contributed by atoms with van der Waals surface area (Å²) in [6.07, 6.45) is 5.24. The molecule has 1 aromatic rings. The van der Waals surface area contributed by atoms with Crippen molar-refractivity contribution in [2.45, 2.75) is 37.5 Å². The van der Waals surface area contributed by atoms with E-state index in [0.29, 0.717) is 5.92 Å². The van der Waals surface area contributed by atoms with E-state index in [-0.39, 0.29) is 4.87 Å². The van der Waals surface area contributed by atoms with E-state index in [9.17, 15) is 0 Å². The molecule has 17 heavy (non-hydrogen) atoms. The van der Waals surface area contributed by atoms with Gasteiger partial charge in [0.1, 0.15) is 9.91 Å². The average molecular weight is 246 g/mol. The lowest BCUT2D eigenvalue weighted by atomic mass is 9.85. The summed E-state index contributed by atoms with van der Waals surface area (Å²) in [6, 6.07) is 10.5. The molecule has 1 heterocycles. The van der Waals surface area contributed by atoms with E-state index in [1.54, 1.807) is 0 Å². The Hall–Kier alpha value is -0.960. The Labute approximate surface area is 107 Å². The summed E-state index contributed by atoms with van der Waals surface area (Å²) in [6.45, 7) is 2.35. The van der Waals surface area contributed by atoms with Gasteiger partial charge >= 0.3 is 0 Å². The fourth-order valence-electron chi connectivity index (χ4n) is 2.70. The van der Waals surface area contributed by atoms with Gasteiger partial charge in [0.05, 0.1) is 0 Å². The Morgan fingerprint density at radius 3 is 2.88 bits per heavy atom. The number of nitrogens with one attached hydrogen (secondary N) is 1. The van der Waals surface area contributed by atoms with Crippen LogP contribution in [0.15, 0.2) is 35.4 Å². The number of hydrogen-bond donors (Lipinski definition) is 1. The Bertz CT molecular complexity index is 429. The van der Waals surface area contributed by atoms with Crippen molar-refractivity contribution in [3.63, 3.8) is 0 Å². The fraction of sp³-hybridized carbons (Fsp3) is 0.500. The van der Waals surface area contributed by atoms with Gasteiger partial charge in [-0.05, 0) is 18.8 Å². The number of rotatable bonds is 1. The first-order valence-electron chi connectivity index (χ1n) is 6.39. The van der Waals surface area contributed by atoms with Gasteiger partial charge < -0.3 is 0 Å². The highest BCUT2D eigenvalue weighted by atomic mass is 32.2. The Morgan fingerprint density at radius 1 is 1.29 bits per heavy atom. The molecule has 1 fully saturated rings. The SMILES string of the molecule is C[C@@H]1CCCC[C@@]12NN=C(c1ccccc1)S2. The van der Waals surface area contributed by atoms with Crippen molar-refractivity contribution in [2.75, 3.05) is 0 Å². The molecule has 0 radical (unpaired) electrons. The van der Waals surface area contributed by atoms with Gasteiger partial charge in [-0.1, -0.05) is 61.9 Å². The van der Waals surface area contributed by atoms with E-state index in [4.69, 9.17) is 0 Å². The van der Waals surface area contributed by atoms with Gasteiger partial charge in [0, 0.05) is 5.56 Å².